The fourth-order valence-corrected chi connectivity index (χ4v) is 2.30. The van der Waals surface area contributed by atoms with E-state index in [1.165, 1.54) is 12.1 Å². The van der Waals surface area contributed by atoms with Crippen molar-refractivity contribution in [2.24, 2.45) is 5.92 Å². The van der Waals surface area contributed by atoms with Crippen LogP contribution >= 0.6 is 0 Å². The summed E-state index contributed by atoms with van der Waals surface area (Å²) in [5, 5.41) is 8.97. The average molecular weight is 255 g/mol. The Morgan fingerprint density at radius 2 is 2.17 bits per heavy atom. The molecule has 0 aliphatic carbocycles. The lowest BCUT2D eigenvalue weighted by Gasteiger charge is -2.30. The lowest BCUT2D eigenvalue weighted by molar-refractivity contribution is -0.143. The summed E-state index contributed by atoms with van der Waals surface area (Å²) in [6, 6.07) is 3.80. The number of likely N-dealkylation sites (tertiary alicyclic amines) is 1. The third-order valence-electron chi connectivity index (χ3n) is 3.24. The Hall–Kier alpha value is -1.49. The number of aliphatic carboxylic acids is 1. The van der Waals surface area contributed by atoms with Crippen molar-refractivity contribution in [3.63, 3.8) is 0 Å². The van der Waals surface area contributed by atoms with E-state index in [2.05, 4.69) is 0 Å². The number of benzene rings is 1. The van der Waals surface area contributed by atoms with Gasteiger partial charge in [0.1, 0.15) is 0 Å². The normalized spacial score (nSPS) is 20.9. The van der Waals surface area contributed by atoms with E-state index in [4.69, 9.17) is 5.11 Å². The Bertz CT molecular complexity index is 451. The molecule has 1 aromatic rings. The molecule has 1 aliphatic rings. The summed E-state index contributed by atoms with van der Waals surface area (Å²) in [5.74, 6) is -2.87. The summed E-state index contributed by atoms with van der Waals surface area (Å²) < 4.78 is 25.8. The van der Waals surface area contributed by atoms with Crippen LogP contribution in [0, 0.1) is 17.6 Å². The van der Waals surface area contributed by atoms with Crippen molar-refractivity contribution in [1.29, 1.82) is 0 Å². The molecule has 0 bridgehead atoms. The summed E-state index contributed by atoms with van der Waals surface area (Å²) in [4.78, 5) is 12.9. The molecule has 0 unspecified atom stereocenters. The minimum absolute atomic E-state index is 0.357. The topological polar surface area (TPSA) is 40.5 Å². The number of carboxylic acid groups (broad SMARTS) is 1. The maximum absolute atomic E-state index is 13.1. The van der Waals surface area contributed by atoms with Crippen LogP contribution in [-0.4, -0.2) is 29.1 Å². The Morgan fingerprint density at radius 1 is 1.39 bits per heavy atom. The van der Waals surface area contributed by atoms with Crippen molar-refractivity contribution in [3.05, 3.63) is 35.4 Å². The summed E-state index contributed by atoms with van der Waals surface area (Å²) in [5.41, 5.74) is 0.667. The zero-order chi connectivity index (χ0) is 13.1. The fourth-order valence-electron chi connectivity index (χ4n) is 2.30. The van der Waals surface area contributed by atoms with Crippen LogP contribution in [0.4, 0.5) is 8.78 Å². The van der Waals surface area contributed by atoms with Gasteiger partial charge in [0, 0.05) is 13.1 Å². The molecule has 1 N–H and O–H groups in total. The molecule has 3 nitrogen and oxygen atoms in total. The quantitative estimate of drug-likeness (QED) is 0.900. The van der Waals surface area contributed by atoms with E-state index in [0.717, 1.165) is 19.0 Å². The Kier molecular flexibility index (Phi) is 3.91. The molecule has 1 heterocycles. The molecule has 1 atom stereocenters. The molecular formula is C13H15F2NO2. The molecule has 0 aromatic heterocycles. The van der Waals surface area contributed by atoms with Crippen molar-refractivity contribution in [2.45, 2.75) is 19.4 Å². The van der Waals surface area contributed by atoms with Crippen LogP contribution in [0.25, 0.3) is 0 Å². The number of carboxylic acids is 1. The molecular weight excluding hydrogens is 240 g/mol. The Labute approximate surface area is 104 Å². The molecule has 18 heavy (non-hydrogen) atoms. The number of halogens is 2. The first kappa shape index (κ1) is 13.0. The van der Waals surface area contributed by atoms with E-state index < -0.39 is 17.6 Å². The van der Waals surface area contributed by atoms with Gasteiger partial charge in [-0.2, -0.15) is 0 Å². The van der Waals surface area contributed by atoms with Gasteiger partial charge in [0.2, 0.25) is 0 Å². The highest BCUT2D eigenvalue weighted by Gasteiger charge is 2.25. The highest BCUT2D eigenvalue weighted by molar-refractivity contribution is 5.70. The highest BCUT2D eigenvalue weighted by atomic mass is 19.2. The van der Waals surface area contributed by atoms with Gasteiger partial charge < -0.3 is 5.11 Å². The minimum Gasteiger partial charge on any atom is -0.481 e. The molecule has 2 rings (SSSR count). The predicted octanol–water partition coefficient (Wildman–Crippen LogP) is 2.26. The van der Waals surface area contributed by atoms with Gasteiger partial charge in [-0.25, -0.2) is 8.78 Å². The van der Waals surface area contributed by atoms with Crippen LogP contribution in [-0.2, 0) is 11.3 Å². The fraction of sp³-hybridized carbons (Fsp3) is 0.462. The maximum atomic E-state index is 13.1. The van der Waals surface area contributed by atoms with Crippen LogP contribution in [0.3, 0.4) is 0 Å². The van der Waals surface area contributed by atoms with Crippen LogP contribution in [0.2, 0.25) is 0 Å². The van der Waals surface area contributed by atoms with Gasteiger partial charge in [0.05, 0.1) is 5.92 Å². The van der Waals surface area contributed by atoms with E-state index in [-0.39, 0.29) is 5.92 Å². The first-order chi connectivity index (χ1) is 8.56. The second-order valence-electron chi connectivity index (χ2n) is 4.66. The van der Waals surface area contributed by atoms with Crippen molar-refractivity contribution in [3.8, 4) is 0 Å². The summed E-state index contributed by atoms with van der Waals surface area (Å²) >= 11 is 0. The molecule has 5 heteroatoms. The third kappa shape index (κ3) is 3.04. The second kappa shape index (κ2) is 5.44. The van der Waals surface area contributed by atoms with Crippen LogP contribution in [0.5, 0.6) is 0 Å². The average Bonchev–Trinajstić information content (AvgIpc) is 2.34. The van der Waals surface area contributed by atoms with E-state index in [9.17, 15) is 13.6 Å². The highest BCUT2D eigenvalue weighted by Crippen LogP contribution is 2.19. The maximum Gasteiger partial charge on any atom is 0.307 e. The first-order valence-electron chi connectivity index (χ1n) is 5.95. The predicted molar refractivity (Wildman–Crippen MR) is 62.0 cm³/mol. The lowest BCUT2D eigenvalue weighted by Crippen LogP contribution is -2.38. The molecule has 1 aliphatic heterocycles. The van der Waals surface area contributed by atoms with Crippen molar-refractivity contribution in [2.75, 3.05) is 13.1 Å². The zero-order valence-corrected chi connectivity index (χ0v) is 9.90. The first-order valence-corrected chi connectivity index (χ1v) is 5.95. The van der Waals surface area contributed by atoms with Crippen LogP contribution in [0.15, 0.2) is 18.2 Å². The smallest absolute Gasteiger partial charge is 0.307 e. The Morgan fingerprint density at radius 3 is 2.83 bits per heavy atom. The van der Waals surface area contributed by atoms with Gasteiger partial charge in [-0.15, -0.1) is 0 Å². The van der Waals surface area contributed by atoms with Gasteiger partial charge in [0.15, 0.2) is 11.6 Å². The second-order valence-corrected chi connectivity index (χ2v) is 4.66. The molecule has 0 spiro atoms. The molecule has 0 radical (unpaired) electrons. The van der Waals surface area contributed by atoms with Gasteiger partial charge in [-0.05, 0) is 37.1 Å². The van der Waals surface area contributed by atoms with Crippen molar-refractivity contribution >= 4 is 5.97 Å². The molecule has 98 valence electrons. The number of nitrogens with zero attached hydrogens (tertiary/aromatic N) is 1. The monoisotopic (exact) mass is 255 g/mol. The summed E-state index contributed by atoms with van der Waals surface area (Å²) in [6.45, 7) is 1.72. The number of piperidine rings is 1. The molecule has 1 fully saturated rings. The SMILES string of the molecule is O=C(O)[C@@H]1CCCN(Cc2ccc(F)c(F)c2)C1. The van der Waals surface area contributed by atoms with Crippen molar-refractivity contribution in [1.82, 2.24) is 4.90 Å². The van der Waals surface area contributed by atoms with Gasteiger partial charge in [0.25, 0.3) is 0 Å². The summed E-state index contributed by atoms with van der Waals surface area (Å²) in [7, 11) is 0. The summed E-state index contributed by atoms with van der Waals surface area (Å²) in [6.07, 6.45) is 1.50. The van der Waals surface area contributed by atoms with Crippen LogP contribution < -0.4 is 0 Å². The van der Waals surface area contributed by atoms with Gasteiger partial charge in [-0.3, -0.25) is 9.69 Å². The van der Waals surface area contributed by atoms with Crippen molar-refractivity contribution < 1.29 is 18.7 Å². The van der Waals surface area contributed by atoms with E-state index in [0.29, 0.717) is 25.1 Å². The minimum atomic E-state index is -0.862. The molecule has 0 saturated carbocycles. The van der Waals surface area contributed by atoms with Gasteiger partial charge in [-0.1, -0.05) is 6.07 Å². The molecule has 0 amide bonds. The number of hydrogen-bond donors (Lipinski definition) is 1. The molecule has 1 aromatic carbocycles. The van der Waals surface area contributed by atoms with Crippen LogP contribution in [0.1, 0.15) is 18.4 Å². The lowest BCUT2D eigenvalue weighted by atomic mass is 9.98. The Balaban J connectivity index is 2.00. The third-order valence-corrected chi connectivity index (χ3v) is 3.24. The largest absolute Gasteiger partial charge is 0.481 e. The standard InChI is InChI=1S/C13H15F2NO2/c14-11-4-3-9(6-12(11)15)7-16-5-1-2-10(8-16)13(17)18/h3-4,6,10H,1-2,5,7-8H2,(H,17,18)/t10-/m1/s1. The number of rotatable bonds is 3. The van der Waals surface area contributed by atoms with Gasteiger partial charge >= 0.3 is 5.97 Å². The number of hydrogen-bond acceptors (Lipinski definition) is 2. The van der Waals surface area contributed by atoms with E-state index >= 15 is 0 Å². The zero-order valence-electron chi connectivity index (χ0n) is 9.90. The number of carbonyl (C=O) groups is 1. The van der Waals surface area contributed by atoms with E-state index in [1.54, 1.807) is 0 Å². The van der Waals surface area contributed by atoms with E-state index in [1.807, 2.05) is 4.90 Å². The molecule has 1 saturated heterocycles.